The Hall–Kier alpha value is -2.13. The molecule has 0 saturated heterocycles. The summed E-state index contributed by atoms with van der Waals surface area (Å²) >= 11 is 0. The lowest BCUT2D eigenvalue weighted by Crippen LogP contribution is -2.88. The molecule has 0 aliphatic carbocycles. The van der Waals surface area contributed by atoms with Crippen LogP contribution < -0.4 is 10.7 Å². The molecule has 3 nitrogen and oxygen atoms in total. The van der Waals surface area contributed by atoms with Crippen LogP contribution in [0.2, 0.25) is 0 Å². The number of benzene rings is 2. The normalized spacial score (nSPS) is 18.6. The summed E-state index contributed by atoms with van der Waals surface area (Å²) in [6.45, 7) is 0. The zero-order valence-corrected chi connectivity index (χ0v) is 9.38. The van der Waals surface area contributed by atoms with Gasteiger partial charge in [-0.1, -0.05) is 48.5 Å². The smallest absolute Gasteiger partial charge is 0.250 e. The van der Waals surface area contributed by atoms with Gasteiger partial charge < -0.3 is 0 Å². The molecule has 1 unspecified atom stereocenters. The Kier molecular flexibility index (Phi) is 2.60. The van der Waals surface area contributed by atoms with Crippen LogP contribution in [0.5, 0.6) is 0 Å². The minimum atomic E-state index is 0.186. The molecule has 3 rings (SSSR count). The summed E-state index contributed by atoms with van der Waals surface area (Å²) in [5.41, 5.74) is 5.54. The molecule has 17 heavy (non-hydrogen) atoms. The van der Waals surface area contributed by atoms with E-state index in [1.807, 2.05) is 36.4 Å². The Morgan fingerprint density at radius 2 is 1.53 bits per heavy atom. The average Bonchev–Trinajstić information content (AvgIpc) is 2.90. The summed E-state index contributed by atoms with van der Waals surface area (Å²) in [6, 6.07) is 20.6. The van der Waals surface area contributed by atoms with Gasteiger partial charge in [0.25, 0.3) is 5.84 Å². The first-order chi connectivity index (χ1) is 8.43. The van der Waals surface area contributed by atoms with Crippen LogP contribution in [0.4, 0.5) is 0 Å². The topological polar surface area (TPSA) is 41.0 Å². The summed E-state index contributed by atoms with van der Waals surface area (Å²) in [5.74, 6) is 1.01. The van der Waals surface area contributed by atoms with Crippen LogP contribution in [0.15, 0.2) is 65.8 Å². The largest absolute Gasteiger partial charge is 0.271 e. The molecule has 3 N–H and O–H groups in total. The van der Waals surface area contributed by atoms with Crippen molar-refractivity contribution in [3.05, 3.63) is 71.8 Å². The molecule has 1 atom stereocenters. The number of nitrogens with zero attached hydrogens (tertiary/aromatic N) is 1. The van der Waals surface area contributed by atoms with Crippen LogP contribution in [-0.2, 0) is 0 Å². The van der Waals surface area contributed by atoms with Crippen molar-refractivity contribution in [3.63, 3.8) is 0 Å². The van der Waals surface area contributed by atoms with Crippen molar-refractivity contribution >= 4 is 5.84 Å². The molecular weight excluding hydrogens is 210 g/mol. The first kappa shape index (κ1) is 10.1. The van der Waals surface area contributed by atoms with Crippen LogP contribution >= 0.6 is 0 Å². The van der Waals surface area contributed by atoms with Gasteiger partial charge >= 0.3 is 0 Å². The first-order valence-electron chi connectivity index (χ1n) is 5.72. The summed E-state index contributed by atoms with van der Waals surface area (Å²) in [4.78, 5) is 0. The molecule has 0 aromatic heterocycles. The lowest BCUT2D eigenvalue weighted by Gasteiger charge is -2.07. The lowest BCUT2D eigenvalue weighted by molar-refractivity contribution is -0.582. The van der Waals surface area contributed by atoms with E-state index >= 15 is 0 Å². The Balaban J connectivity index is 1.78. The molecule has 2 aromatic rings. The molecule has 0 bridgehead atoms. The fraction of sp³-hybridized carbons (Fsp3) is 0.0714. The second-order valence-electron chi connectivity index (χ2n) is 4.05. The van der Waals surface area contributed by atoms with Crippen molar-refractivity contribution in [2.24, 2.45) is 5.10 Å². The molecule has 1 aliphatic heterocycles. The molecular formula is C14H14N3+. The van der Waals surface area contributed by atoms with E-state index in [2.05, 4.69) is 40.1 Å². The summed E-state index contributed by atoms with van der Waals surface area (Å²) in [5, 5.41) is 6.53. The zero-order chi connectivity index (χ0) is 11.5. The maximum Gasteiger partial charge on any atom is 0.250 e. The number of nitrogens with one attached hydrogen (secondary N) is 1. The third-order valence-corrected chi connectivity index (χ3v) is 2.88. The molecule has 3 heteroatoms. The maximum atomic E-state index is 4.37. The molecule has 0 saturated carbocycles. The fourth-order valence-electron chi connectivity index (χ4n) is 1.97. The minimum absolute atomic E-state index is 0.186. The van der Waals surface area contributed by atoms with Gasteiger partial charge in [-0.25, -0.2) is 5.43 Å². The SMILES string of the molecule is c1ccc(C2=NNC(c3ccccc3)[NH2+]2)cc1. The Morgan fingerprint density at radius 3 is 2.24 bits per heavy atom. The van der Waals surface area contributed by atoms with Crippen LogP contribution in [0.25, 0.3) is 0 Å². The van der Waals surface area contributed by atoms with Crippen molar-refractivity contribution < 1.29 is 5.32 Å². The molecule has 2 aromatic carbocycles. The van der Waals surface area contributed by atoms with Crippen molar-refractivity contribution in [3.8, 4) is 0 Å². The Morgan fingerprint density at radius 1 is 0.882 bits per heavy atom. The summed E-state index contributed by atoms with van der Waals surface area (Å²) < 4.78 is 0. The third kappa shape index (κ3) is 2.05. The third-order valence-electron chi connectivity index (χ3n) is 2.88. The maximum absolute atomic E-state index is 4.37. The van der Waals surface area contributed by atoms with E-state index < -0.39 is 0 Å². The number of hydrogen-bond acceptors (Lipinski definition) is 2. The van der Waals surface area contributed by atoms with Gasteiger partial charge in [0.1, 0.15) is 0 Å². The number of hydrazone groups is 1. The number of hydrogen-bond donors (Lipinski definition) is 2. The highest BCUT2D eigenvalue weighted by Gasteiger charge is 2.24. The van der Waals surface area contributed by atoms with Crippen LogP contribution in [0.3, 0.4) is 0 Å². The number of quaternary nitrogens is 1. The highest BCUT2D eigenvalue weighted by atomic mass is 15.4. The highest BCUT2D eigenvalue weighted by Crippen LogP contribution is 2.09. The number of nitrogens with two attached hydrogens (primary N) is 1. The molecule has 0 fully saturated rings. The van der Waals surface area contributed by atoms with Gasteiger partial charge in [0.05, 0.1) is 5.56 Å². The van der Waals surface area contributed by atoms with E-state index in [0.717, 1.165) is 11.4 Å². The van der Waals surface area contributed by atoms with E-state index in [9.17, 15) is 0 Å². The highest BCUT2D eigenvalue weighted by molar-refractivity contribution is 5.91. The molecule has 0 amide bonds. The monoisotopic (exact) mass is 224 g/mol. The number of amidine groups is 1. The number of rotatable bonds is 2. The van der Waals surface area contributed by atoms with Crippen LogP contribution in [0.1, 0.15) is 17.3 Å². The fourth-order valence-corrected chi connectivity index (χ4v) is 1.97. The minimum Gasteiger partial charge on any atom is -0.271 e. The Bertz CT molecular complexity index is 520. The molecule has 0 radical (unpaired) electrons. The standard InChI is InChI=1S/C14H13N3/c1-3-7-11(8-4-1)13-15-14(17-16-13)12-9-5-2-6-10-12/h1-10,13,16H,(H,15,17)/p+1. The predicted octanol–water partition coefficient (Wildman–Crippen LogP) is 1.21. The quantitative estimate of drug-likeness (QED) is 0.791. The van der Waals surface area contributed by atoms with Gasteiger partial charge in [0.2, 0.25) is 6.17 Å². The molecule has 84 valence electrons. The van der Waals surface area contributed by atoms with Gasteiger partial charge in [0.15, 0.2) is 0 Å². The van der Waals surface area contributed by atoms with E-state index in [4.69, 9.17) is 0 Å². The first-order valence-corrected chi connectivity index (χ1v) is 5.72. The van der Waals surface area contributed by atoms with Gasteiger partial charge in [-0.3, -0.25) is 5.32 Å². The predicted molar refractivity (Wildman–Crippen MR) is 67.2 cm³/mol. The summed E-state index contributed by atoms with van der Waals surface area (Å²) in [7, 11) is 0. The zero-order valence-electron chi connectivity index (χ0n) is 9.38. The van der Waals surface area contributed by atoms with Crippen LogP contribution in [-0.4, -0.2) is 5.84 Å². The van der Waals surface area contributed by atoms with Crippen molar-refractivity contribution in [1.29, 1.82) is 0 Å². The van der Waals surface area contributed by atoms with E-state index in [1.165, 1.54) is 5.56 Å². The van der Waals surface area contributed by atoms with E-state index in [0.29, 0.717) is 0 Å². The Labute approximate surface area is 100 Å². The van der Waals surface area contributed by atoms with Crippen molar-refractivity contribution in [1.82, 2.24) is 5.43 Å². The lowest BCUT2D eigenvalue weighted by atomic mass is 10.1. The van der Waals surface area contributed by atoms with Gasteiger partial charge in [0, 0.05) is 5.56 Å². The molecule has 1 aliphatic rings. The second kappa shape index (κ2) is 4.39. The average molecular weight is 224 g/mol. The van der Waals surface area contributed by atoms with Crippen molar-refractivity contribution in [2.75, 3.05) is 0 Å². The molecule has 1 heterocycles. The van der Waals surface area contributed by atoms with E-state index in [1.54, 1.807) is 0 Å². The van der Waals surface area contributed by atoms with Gasteiger partial charge in [-0.15, -0.1) is 5.10 Å². The van der Waals surface area contributed by atoms with Crippen LogP contribution in [0, 0.1) is 0 Å². The summed E-state index contributed by atoms with van der Waals surface area (Å²) in [6.07, 6.45) is 0.186. The molecule has 0 spiro atoms. The van der Waals surface area contributed by atoms with Gasteiger partial charge in [-0.05, 0) is 12.1 Å². The van der Waals surface area contributed by atoms with Gasteiger partial charge in [-0.2, -0.15) is 0 Å². The van der Waals surface area contributed by atoms with E-state index in [-0.39, 0.29) is 6.17 Å². The van der Waals surface area contributed by atoms with Crippen molar-refractivity contribution in [2.45, 2.75) is 6.17 Å². The second-order valence-corrected chi connectivity index (χ2v) is 4.05.